The molecule has 5 heteroatoms. The first kappa shape index (κ1) is 13.5. The molecule has 0 saturated carbocycles. The summed E-state index contributed by atoms with van der Waals surface area (Å²) in [5.41, 5.74) is 6.52. The lowest BCUT2D eigenvalue weighted by atomic mass is 9.89. The summed E-state index contributed by atoms with van der Waals surface area (Å²) in [6, 6.07) is 7.21. The summed E-state index contributed by atoms with van der Waals surface area (Å²) in [5.74, 6) is -0.388. The number of carbonyl (C=O) groups is 2. The maximum Gasteiger partial charge on any atom is 0.322 e. The Bertz CT molecular complexity index is 484. The Hall–Kier alpha value is -1.88. The Morgan fingerprint density at radius 2 is 1.89 bits per heavy atom. The van der Waals surface area contributed by atoms with E-state index in [4.69, 9.17) is 5.73 Å². The van der Waals surface area contributed by atoms with Gasteiger partial charge in [0.1, 0.15) is 0 Å². The molecule has 1 aromatic rings. The maximum atomic E-state index is 11.9. The van der Waals surface area contributed by atoms with Crippen molar-refractivity contribution in [1.29, 1.82) is 0 Å². The fraction of sp³-hybridized carbons (Fsp3) is 0.429. The third-order valence-corrected chi connectivity index (χ3v) is 3.51. The number of rotatable bonds is 5. The first-order valence-electron chi connectivity index (χ1n) is 6.55. The smallest absolute Gasteiger partial charge is 0.322 e. The number of unbranched alkanes of at least 4 members (excludes halogenated alkanes) is 1. The second kappa shape index (κ2) is 5.40. The zero-order chi connectivity index (χ0) is 13.9. The fourth-order valence-electron chi connectivity index (χ4n) is 2.29. The van der Waals surface area contributed by atoms with Crippen molar-refractivity contribution in [2.24, 2.45) is 5.73 Å². The average Bonchev–Trinajstić information content (AvgIpc) is 2.72. The van der Waals surface area contributed by atoms with Crippen molar-refractivity contribution < 1.29 is 9.59 Å². The summed E-state index contributed by atoms with van der Waals surface area (Å²) in [4.78, 5) is 23.2. The molecule has 0 aromatic heterocycles. The van der Waals surface area contributed by atoms with Crippen molar-refractivity contribution in [2.75, 3.05) is 6.54 Å². The second-order valence-electron chi connectivity index (χ2n) is 4.82. The van der Waals surface area contributed by atoms with E-state index in [0.717, 1.165) is 24.8 Å². The van der Waals surface area contributed by atoms with Crippen molar-refractivity contribution >= 4 is 11.9 Å². The van der Waals surface area contributed by atoms with E-state index in [2.05, 4.69) is 17.6 Å². The molecule has 0 aliphatic carbocycles. The molecule has 1 saturated heterocycles. The predicted molar refractivity (Wildman–Crippen MR) is 72.5 cm³/mol. The summed E-state index contributed by atoms with van der Waals surface area (Å²) in [5, 5.41) is 4.86. The first-order valence-corrected chi connectivity index (χ1v) is 6.55. The number of hydrogen-bond donors (Lipinski definition) is 3. The summed E-state index contributed by atoms with van der Waals surface area (Å²) in [6.45, 7) is 2.19. The van der Waals surface area contributed by atoms with Crippen molar-refractivity contribution in [3.8, 4) is 0 Å². The number of benzene rings is 1. The molecule has 1 aliphatic heterocycles. The molecule has 3 amide bonds. The molecular weight excluding hydrogens is 242 g/mol. The topological polar surface area (TPSA) is 84.2 Å². The number of amides is 3. The molecule has 1 fully saturated rings. The van der Waals surface area contributed by atoms with Crippen LogP contribution in [0.2, 0.25) is 0 Å². The lowest BCUT2D eigenvalue weighted by Crippen LogP contribution is -2.49. The van der Waals surface area contributed by atoms with E-state index in [0.29, 0.717) is 0 Å². The van der Waals surface area contributed by atoms with Crippen LogP contribution in [0.1, 0.15) is 30.9 Å². The molecule has 1 unspecified atom stereocenters. The van der Waals surface area contributed by atoms with Crippen LogP contribution in [-0.4, -0.2) is 18.5 Å². The van der Waals surface area contributed by atoms with Gasteiger partial charge in [0.15, 0.2) is 5.54 Å². The van der Waals surface area contributed by atoms with E-state index in [9.17, 15) is 9.59 Å². The normalized spacial score (nSPS) is 22.2. The quantitative estimate of drug-likeness (QED) is 0.692. The van der Waals surface area contributed by atoms with E-state index >= 15 is 0 Å². The predicted octanol–water partition coefficient (Wildman–Crippen LogP) is 1.02. The lowest BCUT2D eigenvalue weighted by molar-refractivity contribution is -0.123. The first-order chi connectivity index (χ1) is 9.12. The minimum atomic E-state index is -1.12. The Morgan fingerprint density at radius 3 is 2.37 bits per heavy atom. The molecule has 4 N–H and O–H groups in total. The van der Waals surface area contributed by atoms with Gasteiger partial charge in [-0.15, -0.1) is 0 Å². The number of imide groups is 1. The summed E-state index contributed by atoms with van der Waals surface area (Å²) >= 11 is 0. The molecule has 1 aromatic carbocycles. The molecule has 0 radical (unpaired) electrons. The fourth-order valence-corrected chi connectivity index (χ4v) is 2.29. The molecule has 0 spiro atoms. The van der Waals surface area contributed by atoms with Crippen LogP contribution in [0.4, 0.5) is 4.79 Å². The van der Waals surface area contributed by atoms with Crippen molar-refractivity contribution in [1.82, 2.24) is 10.6 Å². The van der Waals surface area contributed by atoms with Gasteiger partial charge in [-0.2, -0.15) is 0 Å². The monoisotopic (exact) mass is 261 g/mol. The molecule has 2 rings (SSSR count). The van der Waals surface area contributed by atoms with Crippen LogP contribution in [0, 0.1) is 0 Å². The zero-order valence-corrected chi connectivity index (χ0v) is 11.0. The van der Waals surface area contributed by atoms with E-state index in [1.165, 1.54) is 5.56 Å². The SMILES string of the molecule is CCCCc1ccc(C2(CN)NC(=O)NC2=O)cc1. The summed E-state index contributed by atoms with van der Waals surface area (Å²) in [6.07, 6.45) is 3.30. The number of carbonyl (C=O) groups excluding carboxylic acids is 2. The lowest BCUT2D eigenvalue weighted by Gasteiger charge is -2.24. The van der Waals surface area contributed by atoms with Crippen molar-refractivity contribution in [3.05, 3.63) is 35.4 Å². The Morgan fingerprint density at radius 1 is 1.21 bits per heavy atom. The molecule has 1 aliphatic rings. The number of nitrogens with two attached hydrogens (primary N) is 1. The summed E-state index contributed by atoms with van der Waals surface area (Å²) in [7, 11) is 0. The van der Waals surface area contributed by atoms with Gasteiger partial charge in [-0.05, 0) is 24.0 Å². The van der Waals surface area contributed by atoms with E-state index in [1.54, 1.807) is 0 Å². The third-order valence-electron chi connectivity index (χ3n) is 3.51. The number of urea groups is 1. The standard InChI is InChI=1S/C14H19N3O2/c1-2-3-4-10-5-7-11(8-6-10)14(9-15)12(18)16-13(19)17-14/h5-8H,2-4,9,15H2,1H3,(H2,16,17,18,19). The highest BCUT2D eigenvalue weighted by Crippen LogP contribution is 2.24. The molecule has 1 atom stereocenters. The van der Waals surface area contributed by atoms with Crippen molar-refractivity contribution in [2.45, 2.75) is 31.7 Å². The highest BCUT2D eigenvalue weighted by Gasteiger charge is 2.46. The minimum Gasteiger partial charge on any atom is -0.327 e. The van der Waals surface area contributed by atoms with Gasteiger partial charge in [-0.3, -0.25) is 10.1 Å². The van der Waals surface area contributed by atoms with Crippen LogP contribution < -0.4 is 16.4 Å². The van der Waals surface area contributed by atoms with Crippen molar-refractivity contribution in [3.63, 3.8) is 0 Å². The van der Waals surface area contributed by atoms with Gasteiger partial charge >= 0.3 is 6.03 Å². The van der Waals surface area contributed by atoms with Crippen LogP contribution in [0.25, 0.3) is 0 Å². The highest BCUT2D eigenvalue weighted by atomic mass is 16.2. The molecule has 102 valence electrons. The molecule has 5 nitrogen and oxygen atoms in total. The van der Waals surface area contributed by atoms with Gasteiger partial charge in [-0.1, -0.05) is 37.6 Å². The maximum absolute atomic E-state index is 11.9. The van der Waals surface area contributed by atoms with E-state index in [1.807, 2.05) is 24.3 Å². The van der Waals surface area contributed by atoms with E-state index < -0.39 is 11.6 Å². The number of aryl methyl sites for hydroxylation is 1. The molecule has 1 heterocycles. The van der Waals surface area contributed by atoms with Gasteiger partial charge in [0.05, 0.1) is 0 Å². The highest BCUT2D eigenvalue weighted by molar-refractivity contribution is 6.07. The van der Waals surface area contributed by atoms with Crippen LogP contribution >= 0.6 is 0 Å². The second-order valence-corrected chi connectivity index (χ2v) is 4.82. The van der Waals surface area contributed by atoms with Gasteiger partial charge in [-0.25, -0.2) is 4.79 Å². The largest absolute Gasteiger partial charge is 0.327 e. The average molecular weight is 261 g/mol. The Balaban J connectivity index is 2.25. The zero-order valence-electron chi connectivity index (χ0n) is 11.0. The third kappa shape index (κ3) is 2.46. The minimum absolute atomic E-state index is 0.0406. The van der Waals surface area contributed by atoms with Crippen LogP contribution in [0.15, 0.2) is 24.3 Å². The van der Waals surface area contributed by atoms with Gasteiger partial charge < -0.3 is 11.1 Å². The molecule has 19 heavy (non-hydrogen) atoms. The van der Waals surface area contributed by atoms with E-state index in [-0.39, 0.29) is 12.5 Å². The number of hydrogen-bond acceptors (Lipinski definition) is 3. The Kier molecular flexibility index (Phi) is 3.85. The van der Waals surface area contributed by atoms with Crippen LogP contribution in [0.5, 0.6) is 0 Å². The molecule has 0 bridgehead atoms. The Labute approximate surface area is 112 Å². The van der Waals surface area contributed by atoms with Crippen LogP contribution in [0.3, 0.4) is 0 Å². The van der Waals surface area contributed by atoms with Crippen LogP contribution in [-0.2, 0) is 16.8 Å². The van der Waals surface area contributed by atoms with Gasteiger partial charge in [0.2, 0.25) is 0 Å². The van der Waals surface area contributed by atoms with Gasteiger partial charge in [0.25, 0.3) is 5.91 Å². The molecular formula is C14H19N3O2. The summed E-state index contributed by atoms with van der Waals surface area (Å²) < 4.78 is 0. The number of nitrogens with one attached hydrogen (secondary N) is 2. The van der Waals surface area contributed by atoms with Gasteiger partial charge in [0, 0.05) is 6.54 Å².